The van der Waals surface area contributed by atoms with Gasteiger partial charge in [-0.05, 0) is 47.4 Å². The highest BCUT2D eigenvalue weighted by molar-refractivity contribution is 5.53. The van der Waals surface area contributed by atoms with Gasteiger partial charge in [0.05, 0.1) is 13.2 Å². The maximum atomic E-state index is 5.77. The van der Waals surface area contributed by atoms with Crippen molar-refractivity contribution < 1.29 is 13.9 Å². The predicted molar refractivity (Wildman–Crippen MR) is 100 cm³/mol. The van der Waals surface area contributed by atoms with Gasteiger partial charge in [0.15, 0.2) is 0 Å². The Hall–Kier alpha value is -2.82. The fourth-order valence-corrected chi connectivity index (χ4v) is 2.48. The molecule has 0 unspecified atom stereocenters. The summed E-state index contributed by atoms with van der Waals surface area (Å²) in [6, 6.07) is 15.9. The Kier molecular flexibility index (Phi) is 5.56. The van der Waals surface area contributed by atoms with E-state index < -0.39 is 0 Å². The molecule has 5 nitrogen and oxygen atoms in total. The molecule has 5 heteroatoms. The Morgan fingerprint density at radius 3 is 1.92 bits per heavy atom. The minimum Gasteiger partial charge on any atom is -0.493 e. The van der Waals surface area contributed by atoms with Gasteiger partial charge in [-0.3, -0.25) is 0 Å². The number of hydrogen-bond donors (Lipinski definition) is 0. The first-order valence-corrected chi connectivity index (χ1v) is 8.75. The normalized spacial score (nSPS) is 11.3. The fourth-order valence-electron chi connectivity index (χ4n) is 2.48. The van der Waals surface area contributed by atoms with E-state index in [1.165, 1.54) is 12.0 Å². The first-order valence-electron chi connectivity index (χ1n) is 8.75. The van der Waals surface area contributed by atoms with Crippen molar-refractivity contribution in [1.82, 2.24) is 10.2 Å². The standard InChI is InChI=1S/C21H24N2O3/c1-21(2,3)17-7-11-19(12-8-17)25-14-4-13-24-18-9-5-16(6-10-18)20-23-22-15-26-20/h5-12,15H,4,13-14H2,1-3H3. The van der Waals surface area contributed by atoms with E-state index >= 15 is 0 Å². The summed E-state index contributed by atoms with van der Waals surface area (Å²) >= 11 is 0. The topological polar surface area (TPSA) is 57.4 Å². The molecule has 0 bridgehead atoms. The molecule has 0 amide bonds. The SMILES string of the molecule is CC(C)(C)c1ccc(OCCCOc2ccc(-c3nnco3)cc2)cc1. The average Bonchev–Trinajstić information content (AvgIpc) is 3.16. The molecule has 0 aliphatic rings. The van der Waals surface area contributed by atoms with E-state index in [0.29, 0.717) is 19.1 Å². The number of aromatic nitrogens is 2. The quantitative estimate of drug-likeness (QED) is 0.567. The Labute approximate surface area is 154 Å². The van der Waals surface area contributed by atoms with Crippen LogP contribution < -0.4 is 9.47 Å². The van der Waals surface area contributed by atoms with Crippen LogP contribution in [-0.2, 0) is 5.41 Å². The molecule has 2 aromatic carbocycles. The van der Waals surface area contributed by atoms with Crippen LogP contribution in [0.5, 0.6) is 11.5 Å². The highest BCUT2D eigenvalue weighted by atomic mass is 16.5. The van der Waals surface area contributed by atoms with Gasteiger partial charge in [-0.25, -0.2) is 0 Å². The summed E-state index contributed by atoms with van der Waals surface area (Å²) in [7, 11) is 0. The summed E-state index contributed by atoms with van der Waals surface area (Å²) < 4.78 is 16.7. The van der Waals surface area contributed by atoms with Gasteiger partial charge in [0.2, 0.25) is 12.3 Å². The fraction of sp³-hybridized carbons (Fsp3) is 0.333. The summed E-state index contributed by atoms with van der Waals surface area (Å²) in [6.45, 7) is 7.83. The summed E-state index contributed by atoms with van der Waals surface area (Å²) in [5, 5.41) is 7.55. The number of hydrogen-bond acceptors (Lipinski definition) is 5. The number of rotatable bonds is 7. The third-order valence-electron chi connectivity index (χ3n) is 4.01. The molecule has 0 aliphatic carbocycles. The van der Waals surface area contributed by atoms with Crippen molar-refractivity contribution in [2.45, 2.75) is 32.6 Å². The minimum absolute atomic E-state index is 0.158. The van der Waals surface area contributed by atoms with Gasteiger partial charge in [0, 0.05) is 12.0 Å². The van der Waals surface area contributed by atoms with E-state index in [2.05, 4.69) is 43.1 Å². The molecular formula is C21H24N2O3. The Bertz CT molecular complexity index is 789. The van der Waals surface area contributed by atoms with Crippen LogP contribution in [0, 0.1) is 0 Å². The van der Waals surface area contributed by atoms with Crippen LogP contribution in [0.4, 0.5) is 0 Å². The molecule has 0 aliphatic heterocycles. The van der Waals surface area contributed by atoms with Gasteiger partial charge in [-0.1, -0.05) is 32.9 Å². The molecule has 136 valence electrons. The number of ether oxygens (including phenoxy) is 2. The van der Waals surface area contributed by atoms with Crippen LogP contribution in [-0.4, -0.2) is 23.4 Å². The Morgan fingerprint density at radius 1 is 0.846 bits per heavy atom. The van der Waals surface area contributed by atoms with Crippen molar-refractivity contribution in [2.75, 3.05) is 13.2 Å². The maximum Gasteiger partial charge on any atom is 0.247 e. The summed E-state index contributed by atoms with van der Waals surface area (Å²) in [6.07, 6.45) is 2.13. The molecule has 0 N–H and O–H groups in total. The third kappa shape index (κ3) is 4.85. The molecule has 0 radical (unpaired) electrons. The molecule has 0 saturated carbocycles. The number of nitrogens with zero attached hydrogens (tertiary/aromatic N) is 2. The zero-order valence-corrected chi connectivity index (χ0v) is 15.4. The summed E-state index contributed by atoms with van der Waals surface area (Å²) in [5.74, 6) is 2.20. The van der Waals surface area contributed by atoms with Crippen LogP contribution in [0.15, 0.2) is 59.3 Å². The molecule has 1 aromatic heterocycles. The second-order valence-corrected chi connectivity index (χ2v) is 7.09. The van der Waals surface area contributed by atoms with Crippen LogP contribution in [0.25, 0.3) is 11.5 Å². The highest BCUT2D eigenvalue weighted by Crippen LogP contribution is 2.24. The summed E-state index contributed by atoms with van der Waals surface area (Å²) in [5.41, 5.74) is 2.33. The van der Waals surface area contributed by atoms with E-state index in [1.807, 2.05) is 36.4 Å². The van der Waals surface area contributed by atoms with Crippen molar-refractivity contribution in [1.29, 1.82) is 0 Å². The van der Waals surface area contributed by atoms with Gasteiger partial charge in [-0.15, -0.1) is 10.2 Å². The van der Waals surface area contributed by atoms with Crippen molar-refractivity contribution in [3.8, 4) is 23.0 Å². The van der Waals surface area contributed by atoms with Crippen molar-refractivity contribution >= 4 is 0 Å². The van der Waals surface area contributed by atoms with Gasteiger partial charge in [0.25, 0.3) is 0 Å². The van der Waals surface area contributed by atoms with E-state index in [-0.39, 0.29) is 5.41 Å². The maximum absolute atomic E-state index is 5.77. The molecule has 3 rings (SSSR count). The van der Waals surface area contributed by atoms with Crippen LogP contribution >= 0.6 is 0 Å². The van der Waals surface area contributed by atoms with Crippen LogP contribution in [0.1, 0.15) is 32.8 Å². The van der Waals surface area contributed by atoms with E-state index in [4.69, 9.17) is 13.9 Å². The van der Waals surface area contributed by atoms with Crippen LogP contribution in [0.2, 0.25) is 0 Å². The van der Waals surface area contributed by atoms with Crippen molar-refractivity contribution in [3.63, 3.8) is 0 Å². The van der Waals surface area contributed by atoms with Crippen LogP contribution in [0.3, 0.4) is 0 Å². The highest BCUT2D eigenvalue weighted by Gasteiger charge is 2.12. The second kappa shape index (κ2) is 8.04. The van der Waals surface area contributed by atoms with Gasteiger partial charge >= 0.3 is 0 Å². The average molecular weight is 352 g/mol. The minimum atomic E-state index is 0.158. The first-order chi connectivity index (χ1) is 12.5. The Morgan fingerprint density at radius 2 is 1.42 bits per heavy atom. The van der Waals surface area contributed by atoms with E-state index in [9.17, 15) is 0 Å². The monoisotopic (exact) mass is 352 g/mol. The lowest BCUT2D eigenvalue weighted by atomic mass is 9.87. The van der Waals surface area contributed by atoms with Crippen molar-refractivity contribution in [2.24, 2.45) is 0 Å². The smallest absolute Gasteiger partial charge is 0.247 e. The second-order valence-electron chi connectivity index (χ2n) is 7.09. The number of benzene rings is 2. The molecule has 3 aromatic rings. The van der Waals surface area contributed by atoms with Gasteiger partial charge in [-0.2, -0.15) is 0 Å². The van der Waals surface area contributed by atoms with Gasteiger partial charge in [0.1, 0.15) is 11.5 Å². The zero-order chi connectivity index (χ0) is 18.4. The molecule has 0 fully saturated rings. The van der Waals surface area contributed by atoms with E-state index in [1.54, 1.807) is 0 Å². The largest absolute Gasteiger partial charge is 0.493 e. The Balaban J connectivity index is 1.39. The van der Waals surface area contributed by atoms with E-state index in [0.717, 1.165) is 23.5 Å². The molecule has 0 saturated heterocycles. The lowest BCUT2D eigenvalue weighted by Gasteiger charge is -2.19. The third-order valence-corrected chi connectivity index (χ3v) is 4.01. The first kappa shape index (κ1) is 18.0. The molecular weight excluding hydrogens is 328 g/mol. The molecule has 1 heterocycles. The zero-order valence-electron chi connectivity index (χ0n) is 15.4. The lowest BCUT2D eigenvalue weighted by Crippen LogP contribution is -2.10. The summed E-state index contributed by atoms with van der Waals surface area (Å²) in [4.78, 5) is 0. The predicted octanol–water partition coefficient (Wildman–Crippen LogP) is 4.88. The molecule has 0 atom stereocenters. The molecule has 0 spiro atoms. The molecule has 26 heavy (non-hydrogen) atoms. The van der Waals surface area contributed by atoms with Crippen molar-refractivity contribution in [3.05, 3.63) is 60.5 Å². The lowest BCUT2D eigenvalue weighted by molar-refractivity contribution is 0.247. The van der Waals surface area contributed by atoms with Gasteiger partial charge < -0.3 is 13.9 Å².